The Balaban J connectivity index is 2.35. The molecular formula is C14H15F3N2O. The van der Waals surface area contributed by atoms with Gasteiger partial charge in [0.25, 0.3) is 0 Å². The molecule has 0 aliphatic carbocycles. The first-order chi connectivity index (χ1) is 9.29. The molecule has 0 radical (unpaired) electrons. The summed E-state index contributed by atoms with van der Waals surface area (Å²) in [5.74, 6) is 0.695. The Kier molecular flexibility index (Phi) is 3.65. The van der Waals surface area contributed by atoms with Crippen molar-refractivity contribution in [2.75, 3.05) is 17.7 Å². The van der Waals surface area contributed by atoms with Crippen molar-refractivity contribution in [3.63, 3.8) is 0 Å². The molecule has 0 atom stereocenters. The molecule has 2 aromatic rings. The number of benzene rings is 1. The van der Waals surface area contributed by atoms with E-state index in [9.17, 15) is 13.2 Å². The van der Waals surface area contributed by atoms with Crippen LogP contribution in [0.25, 0.3) is 0 Å². The number of aryl methyl sites for hydroxylation is 1. The number of halogens is 3. The molecule has 1 aromatic heterocycles. The minimum Gasteiger partial charge on any atom is -0.469 e. The van der Waals surface area contributed by atoms with E-state index in [1.165, 1.54) is 23.3 Å². The molecule has 1 heterocycles. The van der Waals surface area contributed by atoms with Crippen molar-refractivity contribution in [1.82, 2.24) is 0 Å². The van der Waals surface area contributed by atoms with E-state index in [-0.39, 0.29) is 11.4 Å². The van der Waals surface area contributed by atoms with Gasteiger partial charge in [0.1, 0.15) is 5.76 Å². The minimum atomic E-state index is -4.44. The van der Waals surface area contributed by atoms with E-state index in [0.717, 1.165) is 11.6 Å². The van der Waals surface area contributed by atoms with Gasteiger partial charge in [-0.05, 0) is 31.2 Å². The summed E-state index contributed by atoms with van der Waals surface area (Å²) in [5, 5.41) is 0. The van der Waals surface area contributed by atoms with Gasteiger partial charge in [-0.1, -0.05) is 0 Å². The number of furan rings is 1. The average Bonchev–Trinajstić information content (AvgIpc) is 2.73. The van der Waals surface area contributed by atoms with Gasteiger partial charge in [-0.3, -0.25) is 0 Å². The predicted molar refractivity (Wildman–Crippen MR) is 71.4 cm³/mol. The summed E-state index contributed by atoms with van der Waals surface area (Å²) in [6.07, 6.45) is -2.92. The third-order valence-corrected chi connectivity index (χ3v) is 3.11. The molecule has 0 saturated carbocycles. The second-order valence-electron chi connectivity index (χ2n) is 4.63. The maximum Gasteiger partial charge on any atom is 0.418 e. The van der Waals surface area contributed by atoms with Crippen LogP contribution >= 0.6 is 0 Å². The van der Waals surface area contributed by atoms with Crippen LogP contribution in [0.4, 0.5) is 24.5 Å². The van der Waals surface area contributed by atoms with E-state index in [1.54, 1.807) is 20.0 Å². The van der Waals surface area contributed by atoms with Crippen LogP contribution in [0.15, 0.2) is 34.9 Å². The molecule has 0 spiro atoms. The summed E-state index contributed by atoms with van der Waals surface area (Å²) in [4.78, 5) is 1.53. The zero-order valence-electron chi connectivity index (χ0n) is 11.2. The molecule has 0 bridgehead atoms. The Morgan fingerprint density at radius 3 is 2.50 bits per heavy atom. The van der Waals surface area contributed by atoms with Crippen molar-refractivity contribution in [1.29, 1.82) is 0 Å². The van der Waals surface area contributed by atoms with Crippen molar-refractivity contribution in [3.8, 4) is 0 Å². The summed E-state index contributed by atoms with van der Waals surface area (Å²) < 4.78 is 44.3. The monoisotopic (exact) mass is 284 g/mol. The highest BCUT2D eigenvalue weighted by Crippen LogP contribution is 2.37. The first-order valence-electron chi connectivity index (χ1n) is 6.00. The number of nitrogens with zero attached hydrogens (tertiary/aromatic N) is 1. The molecule has 3 nitrogen and oxygen atoms in total. The molecular weight excluding hydrogens is 269 g/mol. The lowest BCUT2D eigenvalue weighted by Gasteiger charge is -2.23. The Hall–Kier alpha value is -2.11. The quantitative estimate of drug-likeness (QED) is 0.871. The van der Waals surface area contributed by atoms with Gasteiger partial charge in [-0.15, -0.1) is 0 Å². The third-order valence-electron chi connectivity index (χ3n) is 3.11. The number of anilines is 2. The maximum atomic E-state index is 13.0. The van der Waals surface area contributed by atoms with Gasteiger partial charge < -0.3 is 15.1 Å². The first kappa shape index (κ1) is 14.3. The fraction of sp³-hybridized carbons (Fsp3) is 0.286. The van der Waals surface area contributed by atoms with E-state index in [0.29, 0.717) is 12.3 Å². The van der Waals surface area contributed by atoms with Crippen LogP contribution in [0.5, 0.6) is 0 Å². The first-order valence-corrected chi connectivity index (χ1v) is 6.00. The van der Waals surface area contributed by atoms with Gasteiger partial charge >= 0.3 is 6.18 Å². The summed E-state index contributed by atoms with van der Waals surface area (Å²) in [6, 6.07) is 5.54. The predicted octanol–water partition coefficient (Wildman–Crippen LogP) is 3.83. The Morgan fingerprint density at radius 2 is 1.95 bits per heavy atom. The summed E-state index contributed by atoms with van der Waals surface area (Å²) >= 11 is 0. The smallest absolute Gasteiger partial charge is 0.418 e. The Morgan fingerprint density at radius 1 is 1.25 bits per heavy atom. The van der Waals surface area contributed by atoms with Crippen LogP contribution in [-0.4, -0.2) is 7.05 Å². The van der Waals surface area contributed by atoms with Crippen molar-refractivity contribution >= 4 is 11.4 Å². The molecule has 0 amide bonds. The van der Waals surface area contributed by atoms with E-state index < -0.39 is 11.7 Å². The van der Waals surface area contributed by atoms with E-state index in [1.807, 2.05) is 0 Å². The second-order valence-corrected chi connectivity index (χ2v) is 4.63. The van der Waals surface area contributed by atoms with Crippen LogP contribution in [0.2, 0.25) is 0 Å². The Labute approximate surface area is 114 Å². The van der Waals surface area contributed by atoms with Gasteiger partial charge in [0, 0.05) is 30.5 Å². The number of nitrogen functional groups attached to an aromatic ring is 1. The van der Waals surface area contributed by atoms with Crippen LogP contribution in [0, 0.1) is 6.92 Å². The second kappa shape index (κ2) is 5.11. The molecule has 0 aliphatic rings. The molecule has 2 rings (SSSR count). The van der Waals surface area contributed by atoms with Crippen molar-refractivity contribution in [2.45, 2.75) is 19.6 Å². The SMILES string of the molecule is Cc1occc1CN(C)c1ccc(N)cc1C(F)(F)F. The highest BCUT2D eigenvalue weighted by atomic mass is 19.4. The van der Waals surface area contributed by atoms with E-state index in [4.69, 9.17) is 10.2 Å². The van der Waals surface area contributed by atoms with Gasteiger partial charge in [0.05, 0.1) is 11.8 Å². The lowest BCUT2D eigenvalue weighted by Crippen LogP contribution is -2.21. The van der Waals surface area contributed by atoms with Crippen molar-refractivity contribution in [2.24, 2.45) is 0 Å². The largest absolute Gasteiger partial charge is 0.469 e. The zero-order chi connectivity index (χ0) is 14.9. The third kappa shape index (κ3) is 2.89. The standard InChI is InChI=1S/C14H15F3N2O/c1-9-10(5-6-20-9)8-19(2)13-4-3-11(18)7-12(13)14(15,16)17/h3-7H,8,18H2,1-2H3. The highest BCUT2D eigenvalue weighted by Gasteiger charge is 2.34. The number of rotatable bonds is 3. The van der Waals surface area contributed by atoms with Gasteiger partial charge in [0.2, 0.25) is 0 Å². The molecule has 1 aromatic carbocycles. The normalized spacial score (nSPS) is 11.7. The molecule has 0 unspecified atom stereocenters. The van der Waals surface area contributed by atoms with Gasteiger partial charge in [-0.2, -0.15) is 13.2 Å². The fourth-order valence-corrected chi connectivity index (χ4v) is 2.03. The molecule has 6 heteroatoms. The molecule has 0 fully saturated rings. The van der Waals surface area contributed by atoms with E-state index in [2.05, 4.69) is 0 Å². The van der Waals surface area contributed by atoms with Crippen LogP contribution < -0.4 is 10.6 Å². The zero-order valence-corrected chi connectivity index (χ0v) is 11.2. The number of hydrogen-bond acceptors (Lipinski definition) is 3. The van der Waals surface area contributed by atoms with Crippen LogP contribution in [0.1, 0.15) is 16.9 Å². The van der Waals surface area contributed by atoms with Crippen molar-refractivity contribution < 1.29 is 17.6 Å². The Bertz CT molecular complexity index is 605. The number of hydrogen-bond donors (Lipinski definition) is 1. The molecule has 108 valence electrons. The van der Waals surface area contributed by atoms with Gasteiger partial charge in [0.15, 0.2) is 0 Å². The minimum absolute atomic E-state index is 0.0901. The summed E-state index contributed by atoms with van der Waals surface area (Å²) in [6.45, 7) is 2.10. The highest BCUT2D eigenvalue weighted by molar-refractivity contribution is 5.60. The average molecular weight is 284 g/mol. The van der Waals surface area contributed by atoms with Crippen molar-refractivity contribution in [3.05, 3.63) is 47.4 Å². The molecule has 0 saturated heterocycles. The van der Waals surface area contributed by atoms with Crippen LogP contribution in [0.3, 0.4) is 0 Å². The lowest BCUT2D eigenvalue weighted by atomic mass is 10.1. The summed E-state index contributed by atoms with van der Waals surface area (Å²) in [5.41, 5.74) is 5.74. The molecule has 2 N–H and O–H groups in total. The van der Waals surface area contributed by atoms with Gasteiger partial charge in [-0.25, -0.2) is 0 Å². The molecule has 0 aliphatic heterocycles. The van der Waals surface area contributed by atoms with E-state index >= 15 is 0 Å². The number of nitrogens with two attached hydrogens (primary N) is 1. The van der Waals surface area contributed by atoms with Crippen LogP contribution in [-0.2, 0) is 12.7 Å². The fourth-order valence-electron chi connectivity index (χ4n) is 2.03. The number of alkyl halides is 3. The summed E-state index contributed by atoms with van der Waals surface area (Å²) in [7, 11) is 1.60. The topological polar surface area (TPSA) is 42.4 Å². The maximum absolute atomic E-state index is 13.0. The lowest BCUT2D eigenvalue weighted by molar-refractivity contribution is -0.137. The molecule has 20 heavy (non-hydrogen) atoms.